The van der Waals surface area contributed by atoms with Crippen LogP contribution in [0.1, 0.15) is 94.4 Å². The van der Waals surface area contributed by atoms with Crippen LogP contribution in [0.3, 0.4) is 0 Å². The van der Waals surface area contributed by atoms with Gasteiger partial charge in [-0.15, -0.1) is 0 Å². The first kappa shape index (κ1) is 35.4. The van der Waals surface area contributed by atoms with Crippen LogP contribution in [-0.2, 0) is 32.3 Å². The molecule has 0 aromatic carbocycles. The van der Waals surface area contributed by atoms with E-state index in [1.54, 1.807) is 0 Å². The van der Waals surface area contributed by atoms with Gasteiger partial charge in [0.1, 0.15) is 12.7 Å². The van der Waals surface area contributed by atoms with Crippen LogP contribution in [0.4, 0.5) is 0 Å². The third kappa shape index (κ3) is 21.5. The highest BCUT2D eigenvalue weighted by atomic mass is 28.4. The lowest BCUT2D eigenvalue weighted by atomic mass is 10.2. The van der Waals surface area contributed by atoms with E-state index in [0.717, 1.165) is 12.8 Å². The van der Waals surface area contributed by atoms with Gasteiger partial charge in [-0.1, -0.05) is 6.42 Å². The van der Waals surface area contributed by atoms with E-state index in [-0.39, 0.29) is 25.8 Å². The van der Waals surface area contributed by atoms with Crippen LogP contribution in [-0.4, -0.2) is 87.5 Å². The van der Waals surface area contributed by atoms with E-state index in [9.17, 15) is 9.90 Å². The molecular formula is C26H54O9Si. The molecule has 1 atom stereocenters. The maximum atomic E-state index is 11.8. The minimum Gasteiger partial charge on any atom is -0.463 e. The average Bonchev–Trinajstić information content (AvgIpc) is 2.67. The first-order chi connectivity index (χ1) is 16.5. The lowest BCUT2D eigenvalue weighted by Gasteiger charge is -2.43. The summed E-state index contributed by atoms with van der Waals surface area (Å²) in [5.41, 5.74) is -1.30. The molecule has 0 aromatic rings. The molecule has 216 valence electrons. The van der Waals surface area contributed by atoms with E-state index >= 15 is 0 Å². The number of hydrogen-bond donors (Lipinski definition) is 2. The first-order valence-corrected chi connectivity index (χ1v) is 15.1. The standard InChI is InChI=1S/C26H54O9Si/c1-24(2,3)33-36(34-25(4,5)6,35-26(7,8)9)19-13-17-31-20-22(28)21-32-23(29)14-11-10-12-16-30-18-15-27/h22,27-28H,10-21H2,1-9H3. The van der Waals surface area contributed by atoms with Crippen LogP contribution in [0.5, 0.6) is 0 Å². The fraction of sp³-hybridized carbons (Fsp3) is 0.962. The average molecular weight is 539 g/mol. The van der Waals surface area contributed by atoms with Gasteiger partial charge >= 0.3 is 14.8 Å². The summed E-state index contributed by atoms with van der Waals surface area (Å²) in [4.78, 5) is 11.8. The molecular weight excluding hydrogens is 484 g/mol. The van der Waals surface area contributed by atoms with Gasteiger partial charge in [0.25, 0.3) is 0 Å². The van der Waals surface area contributed by atoms with Crippen LogP contribution in [0.2, 0.25) is 6.04 Å². The molecule has 10 heteroatoms. The number of carbonyl (C=O) groups is 1. The Kier molecular flexibility index (Phi) is 16.8. The Bertz CT molecular complexity index is 539. The van der Waals surface area contributed by atoms with E-state index in [0.29, 0.717) is 45.1 Å². The van der Waals surface area contributed by atoms with Gasteiger partial charge in [0.15, 0.2) is 0 Å². The third-order valence-electron chi connectivity index (χ3n) is 4.31. The van der Waals surface area contributed by atoms with Crippen molar-refractivity contribution in [1.29, 1.82) is 0 Å². The fourth-order valence-corrected chi connectivity index (χ4v) is 7.16. The summed E-state index contributed by atoms with van der Waals surface area (Å²) in [5, 5.41) is 18.7. The van der Waals surface area contributed by atoms with Crippen molar-refractivity contribution in [2.45, 2.75) is 123 Å². The highest BCUT2D eigenvalue weighted by Crippen LogP contribution is 2.32. The molecule has 0 aliphatic carbocycles. The van der Waals surface area contributed by atoms with Crippen LogP contribution >= 0.6 is 0 Å². The molecule has 0 heterocycles. The number of aliphatic hydroxyl groups excluding tert-OH is 2. The molecule has 1 unspecified atom stereocenters. The van der Waals surface area contributed by atoms with Crippen LogP contribution in [0, 0.1) is 0 Å². The van der Waals surface area contributed by atoms with Crippen LogP contribution in [0.25, 0.3) is 0 Å². The number of esters is 1. The molecule has 0 spiro atoms. The molecule has 9 nitrogen and oxygen atoms in total. The molecule has 0 saturated heterocycles. The zero-order valence-electron chi connectivity index (χ0n) is 24.3. The Labute approximate surface area is 220 Å². The minimum atomic E-state index is -3.07. The zero-order chi connectivity index (χ0) is 27.9. The molecule has 36 heavy (non-hydrogen) atoms. The quantitative estimate of drug-likeness (QED) is 0.142. The predicted octanol–water partition coefficient (Wildman–Crippen LogP) is 4.25. The Hall–Kier alpha value is -0.593. The molecule has 0 aromatic heterocycles. The van der Waals surface area contributed by atoms with Gasteiger partial charge in [0, 0.05) is 25.7 Å². The van der Waals surface area contributed by atoms with Gasteiger partial charge < -0.3 is 37.7 Å². The zero-order valence-corrected chi connectivity index (χ0v) is 25.3. The highest BCUT2D eigenvalue weighted by Gasteiger charge is 2.49. The monoisotopic (exact) mass is 538 g/mol. The number of aliphatic hydroxyl groups is 2. The Morgan fingerprint density at radius 3 is 1.75 bits per heavy atom. The van der Waals surface area contributed by atoms with Gasteiger partial charge in [0.2, 0.25) is 0 Å². The lowest BCUT2D eigenvalue weighted by Crippen LogP contribution is -2.57. The van der Waals surface area contributed by atoms with E-state index in [1.165, 1.54) is 0 Å². The van der Waals surface area contributed by atoms with Crippen LogP contribution in [0.15, 0.2) is 0 Å². The normalized spacial score (nSPS) is 14.2. The Morgan fingerprint density at radius 1 is 0.722 bits per heavy atom. The molecule has 0 saturated carbocycles. The molecule has 2 N–H and O–H groups in total. The van der Waals surface area contributed by atoms with Crippen molar-refractivity contribution in [2.24, 2.45) is 0 Å². The molecule has 0 rings (SSSR count). The lowest BCUT2D eigenvalue weighted by molar-refractivity contribution is -0.148. The van der Waals surface area contributed by atoms with E-state index in [2.05, 4.69) is 0 Å². The summed E-state index contributed by atoms with van der Waals surface area (Å²) in [6, 6.07) is 0.578. The number of ether oxygens (including phenoxy) is 3. The topological polar surface area (TPSA) is 113 Å². The molecule has 0 radical (unpaired) electrons. The van der Waals surface area contributed by atoms with E-state index < -0.39 is 31.7 Å². The van der Waals surface area contributed by atoms with Crippen molar-refractivity contribution >= 4 is 14.8 Å². The van der Waals surface area contributed by atoms with Gasteiger partial charge in [0.05, 0.1) is 36.6 Å². The maximum absolute atomic E-state index is 11.8. The highest BCUT2D eigenvalue weighted by molar-refractivity contribution is 6.61. The molecule has 0 bridgehead atoms. The van der Waals surface area contributed by atoms with Crippen molar-refractivity contribution in [3.8, 4) is 0 Å². The molecule has 0 aliphatic rings. The van der Waals surface area contributed by atoms with Crippen molar-refractivity contribution in [1.82, 2.24) is 0 Å². The summed E-state index contributed by atoms with van der Waals surface area (Å²) in [6.07, 6.45) is 2.43. The second kappa shape index (κ2) is 17.1. The SMILES string of the molecule is CC(C)(C)O[Si](CCCOCC(O)COC(=O)CCCCCOCCO)(OC(C)(C)C)OC(C)(C)C. The largest absolute Gasteiger partial charge is 0.502 e. The Balaban J connectivity index is 4.45. The number of rotatable bonds is 19. The van der Waals surface area contributed by atoms with E-state index in [1.807, 2.05) is 62.3 Å². The summed E-state index contributed by atoms with van der Waals surface area (Å²) >= 11 is 0. The summed E-state index contributed by atoms with van der Waals surface area (Å²) in [5.74, 6) is -0.334. The van der Waals surface area contributed by atoms with Crippen molar-refractivity contribution in [2.75, 3.05) is 39.6 Å². The van der Waals surface area contributed by atoms with Crippen LogP contribution < -0.4 is 0 Å². The van der Waals surface area contributed by atoms with Crippen molar-refractivity contribution in [3.63, 3.8) is 0 Å². The molecule has 0 fully saturated rings. The molecule has 0 aliphatic heterocycles. The van der Waals surface area contributed by atoms with E-state index in [4.69, 9.17) is 32.6 Å². The number of carbonyl (C=O) groups excluding carboxylic acids is 1. The first-order valence-electron chi connectivity index (χ1n) is 13.2. The predicted molar refractivity (Wildman–Crippen MR) is 142 cm³/mol. The fourth-order valence-electron chi connectivity index (χ4n) is 3.35. The number of unbranched alkanes of at least 4 members (excludes halogenated alkanes) is 2. The van der Waals surface area contributed by atoms with Gasteiger partial charge in [-0.05, 0) is 81.6 Å². The van der Waals surface area contributed by atoms with Crippen molar-refractivity contribution < 1.29 is 42.5 Å². The third-order valence-corrected chi connectivity index (χ3v) is 8.04. The number of hydrogen-bond acceptors (Lipinski definition) is 9. The summed E-state index contributed by atoms with van der Waals surface area (Å²) in [6.45, 7) is 19.3. The summed E-state index contributed by atoms with van der Waals surface area (Å²) in [7, 11) is -3.07. The second-order valence-corrected chi connectivity index (χ2v) is 14.5. The van der Waals surface area contributed by atoms with Gasteiger partial charge in [-0.25, -0.2) is 0 Å². The molecule has 0 amide bonds. The smallest absolute Gasteiger partial charge is 0.463 e. The maximum Gasteiger partial charge on any atom is 0.502 e. The summed E-state index contributed by atoms with van der Waals surface area (Å²) < 4.78 is 35.3. The van der Waals surface area contributed by atoms with Crippen molar-refractivity contribution in [3.05, 3.63) is 0 Å². The second-order valence-electron chi connectivity index (χ2n) is 12.0. The minimum absolute atomic E-state index is 0.0176. The Morgan fingerprint density at radius 2 is 1.25 bits per heavy atom. The van der Waals surface area contributed by atoms with Gasteiger partial charge in [-0.3, -0.25) is 4.79 Å². The van der Waals surface area contributed by atoms with Gasteiger partial charge in [-0.2, -0.15) is 0 Å².